The zero-order valence-corrected chi connectivity index (χ0v) is 9.78. The lowest BCUT2D eigenvalue weighted by atomic mass is 10.2. The lowest BCUT2D eigenvalue weighted by Crippen LogP contribution is -2.32. The molecule has 1 N–H and O–H groups in total. The van der Waals surface area contributed by atoms with E-state index in [1.807, 2.05) is 0 Å². The Morgan fingerprint density at radius 2 is 2.33 bits per heavy atom. The van der Waals surface area contributed by atoms with Gasteiger partial charge >= 0.3 is 0 Å². The minimum atomic E-state index is -0.302. The molecule has 1 aliphatic rings. The van der Waals surface area contributed by atoms with E-state index in [2.05, 4.69) is 15.9 Å². The Labute approximate surface area is 95.9 Å². The quantitative estimate of drug-likeness (QED) is 0.890. The third-order valence-corrected chi connectivity index (χ3v) is 2.76. The summed E-state index contributed by atoms with van der Waals surface area (Å²) < 4.78 is 16.9. The second-order valence-corrected chi connectivity index (χ2v) is 4.02. The average Bonchev–Trinajstić information content (AvgIpc) is 2.27. The summed E-state index contributed by atoms with van der Waals surface area (Å²) in [7, 11) is 1.58. The molecule has 1 aromatic rings. The highest BCUT2D eigenvalue weighted by molar-refractivity contribution is 9.10. The van der Waals surface area contributed by atoms with Gasteiger partial charge in [-0.05, 0) is 15.9 Å². The van der Waals surface area contributed by atoms with Gasteiger partial charge in [0, 0.05) is 12.1 Å². The number of aliphatic hydroxyl groups excluding tert-OH is 1. The highest BCUT2D eigenvalue weighted by Crippen LogP contribution is 2.40. The molecule has 1 aliphatic heterocycles. The van der Waals surface area contributed by atoms with E-state index < -0.39 is 0 Å². The number of benzene rings is 1. The summed E-state index contributed by atoms with van der Waals surface area (Å²) >= 11 is 3.36. The molecule has 0 fully saturated rings. The minimum absolute atomic E-state index is 0.0577. The molecule has 0 amide bonds. The molecular formula is C10H11BrO4. The topological polar surface area (TPSA) is 47.9 Å². The molecule has 0 saturated carbocycles. The molecule has 0 aliphatic carbocycles. The van der Waals surface area contributed by atoms with Gasteiger partial charge in [0.05, 0.1) is 18.2 Å². The van der Waals surface area contributed by atoms with Gasteiger partial charge in [0.2, 0.25) is 0 Å². The van der Waals surface area contributed by atoms with Crippen molar-refractivity contribution in [1.29, 1.82) is 0 Å². The van der Waals surface area contributed by atoms with Gasteiger partial charge in [-0.2, -0.15) is 0 Å². The Morgan fingerprint density at radius 3 is 3.00 bits per heavy atom. The van der Waals surface area contributed by atoms with Crippen molar-refractivity contribution < 1.29 is 19.3 Å². The molecule has 0 radical (unpaired) electrons. The summed E-state index contributed by atoms with van der Waals surface area (Å²) in [6, 6.07) is 3.53. The van der Waals surface area contributed by atoms with Crippen LogP contribution in [0.15, 0.2) is 16.6 Å². The van der Waals surface area contributed by atoms with E-state index >= 15 is 0 Å². The van der Waals surface area contributed by atoms with Gasteiger partial charge in [0.25, 0.3) is 0 Å². The molecular weight excluding hydrogens is 264 g/mol. The first-order valence-electron chi connectivity index (χ1n) is 4.52. The normalized spacial score (nSPS) is 18.7. The van der Waals surface area contributed by atoms with Gasteiger partial charge in [-0.25, -0.2) is 0 Å². The maximum absolute atomic E-state index is 8.95. The van der Waals surface area contributed by atoms with Crippen LogP contribution in [0.3, 0.4) is 0 Å². The van der Waals surface area contributed by atoms with E-state index in [0.29, 0.717) is 23.9 Å². The summed E-state index contributed by atoms with van der Waals surface area (Å²) in [6.07, 6.45) is -0.302. The van der Waals surface area contributed by atoms with Gasteiger partial charge in [0.1, 0.15) is 12.4 Å². The minimum Gasteiger partial charge on any atom is -0.495 e. The SMILES string of the molecule is COc1cc2c(cc1Br)OC[C@H](CO)O2. The fourth-order valence-electron chi connectivity index (χ4n) is 1.36. The van der Waals surface area contributed by atoms with Crippen LogP contribution in [0.5, 0.6) is 17.2 Å². The van der Waals surface area contributed by atoms with Gasteiger partial charge < -0.3 is 19.3 Å². The number of methoxy groups -OCH3 is 1. The van der Waals surface area contributed by atoms with Crippen LogP contribution in [-0.2, 0) is 0 Å². The van der Waals surface area contributed by atoms with E-state index in [-0.39, 0.29) is 12.7 Å². The van der Waals surface area contributed by atoms with Crippen molar-refractivity contribution in [2.75, 3.05) is 20.3 Å². The first kappa shape index (κ1) is 10.6. The molecule has 0 aromatic heterocycles. The van der Waals surface area contributed by atoms with Crippen LogP contribution in [0.2, 0.25) is 0 Å². The van der Waals surface area contributed by atoms with Crippen molar-refractivity contribution in [2.24, 2.45) is 0 Å². The predicted octanol–water partition coefficient (Wildman–Crippen LogP) is 1.59. The summed E-state index contributed by atoms with van der Waals surface area (Å²) in [5.41, 5.74) is 0. The van der Waals surface area contributed by atoms with Crippen molar-refractivity contribution in [1.82, 2.24) is 0 Å². The number of hydrogen-bond donors (Lipinski definition) is 1. The molecule has 1 atom stereocenters. The number of fused-ring (bicyclic) bond motifs is 1. The second kappa shape index (κ2) is 4.28. The van der Waals surface area contributed by atoms with Gasteiger partial charge in [-0.15, -0.1) is 0 Å². The summed E-state index contributed by atoms with van der Waals surface area (Å²) in [5.74, 6) is 1.93. The number of hydrogen-bond acceptors (Lipinski definition) is 4. The van der Waals surface area contributed by atoms with Crippen molar-refractivity contribution in [3.8, 4) is 17.2 Å². The van der Waals surface area contributed by atoms with Crippen LogP contribution in [0, 0.1) is 0 Å². The van der Waals surface area contributed by atoms with E-state index in [1.165, 1.54) is 0 Å². The molecule has 4 nitrogen and oxygen atoms in total. The largest absolute Gasteiger partial charge is 0.495 e. The van der Waals surface area contributed by atoms with Crippen LogP contribution >= 0.6 is 15.9 Å². The van der Waals surface area contributed by atoms with E-state index in [9.17, 15) is 0 Å². The monoisotopic (exact) mass is 274 g/mol. The third kappa shape index (κ3) is 2.03. The standard InChI is InChI=1S/C10H11BrO4/c1-13-8-3-10-9(2-7(8)11)14-5-6(4-12)15-10/h2-3,6,12H,4-5H2,1H3/t6-/m0/s1. The summed E-state index contributed by atoms with van der Waals surface area (Å²) in [6.45, 7) is 0.306. The molecule has 0 spiro atoms. The second-order valence-electron chi connectivity index (χ2n) is 3.17. The maximum atomic E-state index is 8.95. The van der Waals surface area contributed by atoms with Crippen LogP contribution < -0.4 is 14.2 Å². The fraction of sp³-hybridized carbons (Fsp3) is 0.400. The average molecular weight is 275 g/mol. The third-order valence-electron chi connectivity index (χ3n) is 2.14. The van der Waals surface area contributed by atoms with Crippen LogP contribution in [0.4, 0.5) is 0 Å². The van der Waals surface area contributed by atoms with Crippen LogP contribution in [-0.4, -0.2) is 31.5 Å². The highest BCUT2D eigenvalue weighted by Gasteiger charge is 2.22. The van der Waals surface area contributed by atoms with Crippen molar-refractivity contribution in [2.45, 2.75) is 6.10 Å². The number of rotatable bonds is 2. The molecule has 2 rings (SSSR count). The van der Waals surface area contributed by atoms with Gasteiger partial charge in [-0.1, -0.05) is 0 Å². The highest BCUT2D eigenvalue weighted by atomic mass is 79.9. The Hall–Kier alpha value is -0.940. The molecule has 1 aromatic carbocycles. The molecule has 82 valence electrons. The van der Waals surface area contributed by atoms with Crippen LogP contribution in [0.25, 0.3) is 0 Å². The fourth-order valence-corrected chi connectivity index (χ4v) is 1.85. The molecule has 15 heavy (non-hydrogen) atoms. The van der Waals surface area contributed by atoms with E-state index in [4.69, 9.17) is 19.3 Å². The smallest absolute Gasteiger partial charge is 0.165 e. The predicted molar refractivity (Wildman–Crippen MR) is 57.7 cm³/mol. The number of aliphatic hydroxyl groups is 1. The molecule has 0 bridgehead atoms. The van der Waals surface area contributed by atoms with Gasteiger partial charge in [0.15, 0.2) is 17.6 Å². The van der Waals surface area contributed by atoms with Crippen LogP contribution in [0.1, 0.15) is 0 Å². The van der Waals surface area contributed by atoms with E-state index in [1.54, 1.807) is 19.2 Å². The Bertz CT molecular complexity index is 367. The lowest BCUT2D eigenvalue weighted by Gasteiger charge is -2.25. The molecule has 0 unspecified atom stereocenters. The molecule has 5 heteroatoms. The zero-order chi connectivity index (χ0) is 10.8. The van der Waals surface area contributed by atoms with Crippen molar-refractivity contribution >= 4 is 15.9 Å². The maximum Gasteiger partial charge on any atom is 0.165 e. The zero-order valence-electron chi connectivity index (χ0n) is 8.20. The Balaban J connectivity index is 2.33. The molecule has 0 saturated heterocycles. The lowest BCUT2D eigenvalue weighted by molar-refractivity contribution is 0.0453. The first-order chi connectivity index (χ1) is 7.24. The van der Waals surface area contributed by atoms with Crippen molar-refractivity contribution in [3.63, 3.8) is 0 Å². The van der Waals surface area contributed by atoms with E-state index in [0.717, 1.165) is 4.47 Å². The summed E-state index contributed by atoms with van der Waals surface area (Å²) in [4.78, 5) is 0. The van der Waals surface area contributed by atoms with Gasteiger partial charge in [-0.3, -0.25) is 0 Å². The first-order valence-corrected chi connectivity index (χ1v) is 5.31. The summed E-state index contributed by atoms with van der Waals surface area (Å²) in [5, 5.41) is 8.95. The Kier molecular flexibility index (Phi) is 3.02. The molecule has 1 heterocycles. The number of ether oxygens (including phenoxy) is 3. The Morgan fingerprint density at radius 1 is 1.53 bits per heavy atom. The number of halogens is 1. The van der Waals surface area contributed by atoms with Crippen molar-refractivity contribution in [3.05, 3.63) is 16.6 Å².